The second-order valence-corrected chi connectivity index (χ2v) is 7.82. The summed E-state index contributed by atoms with van der Waals surface area (Å²) in [6.45, 7) is 2.61. The van der Waals surface area contributed by atoms with Gasteiger partial charge in [-0.05, 0) is 30.4 Å². The predicted octanol–water partition coefficient (Wildman–Crippen LogP) is 4.41. The van der Waals surface area contributed by atoms with E-state index in [1.165, 1.54) is 0 Å². The summed E-state index contributed by atoms with van der Waals surface area (Å²) in [6.07, 6.45) is 5.85. The number of Topliss-reactive ketones (excluding diaryl/α,β-unsaturated/α-hetero) is 1. The fourth-order valence-corrected chi connectivity index (χ4v) is 3.96. The number of aliphatic imine (C=N–C) groups is 1. The Labute approximate surface area is 179 Å². The van der Waals surface area contributed by atoms with Gasteiger partial charge in [0.25, 0.3) is 5.91 Å². The van der Waals surface area contributed by atoms with E-state index >= 15 is 0 Å². The van der Waals surface area contributed by atoms with Crippen LogP contribution < -0.4 is 5.73 Å². The third-order valence-electron chi connectivity index (χ3n) is 5.64. The zero-order chi connectivity index (χ0) is 21.4. The van der Waals surface area contributed by atoms with Crippen LogP contribution in [0.3, 0.4) is 0 Å². The van der Waals surface area contributed by atoms with Crippen LogP contribution in [0, 0.1) is 0 Å². The number of nitrogens with two attached hydrogens (primary N) is 1. The molecule has 0 aliphatic carbocycles. The average Bonchev–Trinajstić information content (AvgIpc) is 3.04. The summed E-state index contributed by atoms with van der Waals surface area (Å²) >= 11 is 0. The zero-order valence-electron chi connectivity index (χ0n) is 17.7. The maximum atomic E-state index is 13.6. The van der Waals surface area contributed by atoms with Gasteiger partial charge in [0, 0.05) is 19.4 Å². The normalized spacial score (nSPS) is 15.3. The number of guanidine groups is 1. The van der Waals surface area contributed by atoms with Gasteiger partial charge in [-0.1, -0.05) is 80.4 Å². The molecule has 0 fully saturated rings. The number of hydrogen-bond acceptors (Lipinski definition) is 4. The van der Waals surface area contributed by atoms with E-state index in [0.29, 0.717) is 25.2 Å². The molecular weight excluding hydrogens is 374 g/mol. The van der Waals surface area contributed by atoms with Gasteiger partial charge in [0.2, 0.25) is 0 Å². The molecule has 5 nitrogen and oxygen atoms in total. The Bertz CT molecular complexity index is 838. The van der Waals surface area contributed by atoms with E-state index in [-0.39, 0.29) is 11.9 Å². The molecule has 158 valence electrons. The number of carbonyl (C=O) groups is 2. The molecule has 0 aromatic heterocycles. The molecule has 1 aliphatic rings. The molecule has 1 aliphatic heterocycles. The number of hydrogen-bond donors (Lipinski definition) is 1. The molecule has 3 rings (SSSR count). The Hall–Kier alpha value is -2.95. The second-order valence-electron chi connectivity index (χ2n) is 7.82. The minimum atomic E-state index is -1.14. The molecular formula is C25H31N3O2. The predicted molar refractivity (Wildman–Crippen MR) is 120 cm³/mol. The van der Waals surface area contributed by atoms with Crippen LogP contribution in [0.1, 0.15) is 63.0 Å². The van der Waals surface area contributed by atoms with Gasteiger partial charge in [-0.3, -0.25) is 14.5 Å². The van der Waals surface area contributed by atoms with Crippen LogP contribution in [0.4, 0.5) is 0 Å². The highest BCUT2D eigenvalue weighted by atomic mass is 16.2. The van der Waals surface area contributed by atoms with Gasteiger partial charge in [0.05, 0.1) is 0 Å². The third-order valence-corrected chi connectivity index (χ3v) is 5.64. The molecule has 0 spiro atoms. The lowest BCUT2D eigenvalue weighted by atomic mass is 9.83. The Balaban J connectivity index is 1.69. The van der Waals surface area contributed by atoms with Crippen molar-refractivity contribution in [3.63, 3.8) is 0 Å². The van der Waals surface area contributed by atoms with Crippen LogP contribution in [0.15, 0.2) is 65.7 Å². The molecule has 0 radical (unpaired) electrons. The van der Waals surface area contributed by atoms with Crippen molar-refractivity contribution in [3.8, 4) is 0 Å². The summed E-state index contributed by atoms with van der Waals surface area (Å²) in [5.41, 5.74) is 6.73. The van der Waals surface area contributed by atoms with E-state index in [1.54, 1.807) is 4.90 Å². The van der Waals surface area contributed by atoms with Crippen LogP contribution in [-0.4, -0.2) is 29.1 Å². The molecule has 1 amide bonds. The van der Waals surface area contributed by atoms with Crippen molar-refractivity contribution in [1.82, 2.24) is 4.90 Å². The summed E-state index contributed by atoms with van der Waals surface area (Å²) in [5, 5.41) is 0. The van der Waals surface area contributed by atoms with Gasteiger partial charge in [-0.25, -0.2) is 4.99 Å². The SMILES string of the molecule is CCCCC(=O)CCCCCN1C(=O)C(c2ccccc2)(c2ccccc2)N=C1N. The number of rotatable bonds is 11. The van der Waals surface area contributed by atoms with Gasteiger partial charge >= 0.3 is 0 Å². The lowest BCUT2D eigenvalue weighted by Gasteiger charge is -2.27. The monoisotopic (exact) mass is 405 g/mol. The first-order valence-electron chi connectivity index (χ1n) is 10.9. The number of ketones is 1. The first kappa shape index (κ1) is 21.8. The quantitative estimate of drug-likeness (QED) is 0.563. The van der Waals surface area contributed by atoms with Gasteiger partial charge in [-0.2, -0.15) is 0 Å². The van der Waals surface area contributed by atoms with Crippen LogP contribution in [0.25, 0.3) is 0 Å². The molecule has 2 N–H and O–H groups in total. The first-order valence-corrected chi connectivity index (χ1v) is 10.9. The fraction of sp³-hybridized carbons (Fsp3) is 0.400. The fourth-order valence-electron chi connectivity index (χ4n) is 3.96. The van der Waals surface area contributed by atoms with E-state index in [4.69, 9.17) is 10.7 Å². The van der Waals surface area contributed by atoms with Gasteiger partial charge in [0.1, 0.15) is 5.78 Å². The summed E-state index contributed by atoms with van der Waals surface area (Å²) in [6, 6.07) is 19.2. The van der Waals surface area contributed by atoms with E-state index in [0.717, 1.165) is 43.2 Å². The molecule has 0 bridgehead atoms. The van der Waals surface area contributed by atoms with Gasteiger partial charge in [0.15, 0.2) is 11.5 Å². The maximum absolute atomic E-state index is 13.6. The van der Waals surface area contributed by atoms with Gasteiger partial charge in [-0.15, -0.1) is 0 Å². The average molecular weight is 406 g/mol. The van der Waals surface area contributed by atoms with Crippen molar-refractivity contribution >= 4 is 17.6 Å². The van der Waals surface area contributed by atoms with E-state index in [2.05, 4.69) is 6.92 Å². The van der Waals surface area contributed by atoms with Gasteiger partial charge < -0.3 is 5.73 Å². The first-order chi connectivity index (χ1) is 14.6. The topological polar surface area (TPSA) is 75.8 Å². The summed E-state index contributed by atoms with van der Waals surface area (Å²) in [7, 11) is 0. The number of benzene rings is 2. The molecule has 2 aromatic rings. The van der Waals surface area contributed by atoms with E-state index < -0.39 is 5.54 Å². The Morgan fingerprint density at radius 2 is 1.47 bits per heavy atom. The number of amides is 1. The highest BCUT2D eigenvalue weighted by Crippen LogP contribution is 2.39. The molecule has 0 saturated heterocycles. The molecule has 0 unspecified atom stereocenters. The largest absolute Gasteiger partial charge is 0.369 e. The van der Waals surface area contributed by atoms with E-state index in [1.807, 2.05) is 60.7 Å². The molecule has 30 heavy (non-hydrogen) atoms. The van der Waals surface area contributed by atoms with Crippen molar-refractivity contribution in [1.29, 1.82) is 0 Å². The minimum absolute atomic E-state index is 0.114. The number of carbonyl (C=O) groups excluding carboxylic acids is 2. The maximum Gasteiger partial charge on any atom is 0.266 e. The minimum Gasteiger partial charge on any atom is -0.369 e. The summed E-state index contributed by atoms with van der Waals surface area (Å²) in [4.78, 5) is 31.7. The highest BCUT2D eigenvalue weighted by molar-refractivity contribution is 6.09. The van der Waals surface area contributed by atoms with Crippen LogP contribution in [-0.2, 0) is 15.1 Å². The Kier molecular flexibility index (Phi) is 7.39. The van der Waals surface area contributed by atoms with Crippen LogP contribution in [0.2, 0.25) is 0 Å². The van der Waals surface area contributed by atoms with Crippen LogP contribution >= 0.6 is 0 Å². The third kappa shape index (κ3) is 4.61. The standard InChI is InChI=1S/C25H31N3O2/c1-2-3-17-22(29)18-11-6-12-19-28-23(30)25(27-24(28)26,20-13-7-4-8-14-20)21-15-9-5-10-16-21/h4-5,7-10,13-16H,2-3,6,11-12,17-19H2,1H3,(H2,26,27). The smallest absolute Gasteiger partial charge is 0.266 e. The van der Waals surface area contributed by atoms with Crippen molar-refractivity contribution in [3.05, 3.63) is 71.8 Å². The Morgan fingerprint density at radius 1 is 0.900 bits per heavy atom. The highest BCUT2D eigenvalue weighted by Gasteiger charge is 2.50. The van der Waals surface area contributed by atoms with Crippen molar-refractivity contribution in [2.75, 3.05) is 6.54 Å². The molecule has 1 heterocycles. The zero-order valence-corrected chi connectivity index (χ0v) is 17.7. The number of nitrogens with zero attached hydrogens (tertiary/aromatic N) is 2. The lowest BCUT2D eigenvalue weighted by Crippen LogP contribution is -2.44. The Morgan fingerprint density at radius 3 is 2.03 bits per heavy atom. The van der Waals surface area contributed by atoms with E-state index in [9.17, 15) is 9.59 Å². The van der Waals surface area contributed by atoms with Crippen molar-refractivity contribution in [2.45, 2.75) is 57.4 Å². The molecule has 5 heteroatoms. The number of unbranched alkanes of at least 4 members (excludes halogenated alkanes) is 3. The lowest BCUT2D eigenvalue weighted by molar-refractivity contribution is -0.130. The summed E-state index contributed by atoms with van der Waals surface area (Å²) < 4.78 is 0. The summed E-state index contributed by atoms with van der Waals surface area (Å²) in [5.74, 6) is 0.477. The van der Waals surface area contributed by atoms with Crippen molar-refractivity contribution < 1.29 is 9.59 Å². The molecule has 0 atom stereocenters. The van der Waals surface area contributed by atoms with Crippen molar-refractivity contribution in [2.24, 2.45) is 10.7 Å². The molecule has 0 saturated carbocycles. The molecule has 2 aromatic carbocycles. The second kappa shape index (κ2) is 10.2. The van der Waals surface area contributed by atoms with Crippen LogP contribution in [0.5, 0.6) is 0 Å².